The zero-order valence-corrected chi connectivity index (χ0v) is 13.8. The number of halogens is 1. The molecule has 0 aromatic carbocycles. The van der Waals surface area contributed by atoms with Crippen molar-refractivity contribution < 1.29 is 0 Å². The number of hydrogen-bond acceptors (Lipinski definition) is 4. The van der Waals surface area contributed by atoms with Gasteiger partial charge in [0, 0.05) is 24.7 Å². The quantitative estimate of drug-likeness (QED) is 0.789. The molecule has 1 fully saturated rings. The summed E-state index contributed by atoms with van der Waals surface area (Å²) in [6.45, 7) is 8.40. The van der Waals surface area contributed by atoms with E-state index in [9.17, 15) is 4.79 Å². The van der Waals surface area contributed by atoms with E-state index in [1.807, 2.05) is 0 Å². The van der Waals surface area contributed by atoms with E-state index >= 15 is 0 Å². The number of aromatic amines is 1. The van der Waals surface area contributed by atoms with Crippen LogP contribution in [-0.4, -0.2) is 34.6 Å². The summed E-state index contributed by atoms with van der Waals surface area (Å²) in [6.07, 6.45) is 3.79. The van der Waals surface area contributed by atoms with Crippen LogP contribution in [0, 0.1) is 3.57 Å². The Morgan fingerprint density at radius 1 is 1.58 bits per heavy atom. The maximum absolute atomic E-state index is 11.7. The van der Waals surface area contributed by atoms with Gasteiger partial charge in [-0.1, -0.05) is 0 Å². The van der Waals surface area contributed by atoms with Gasteiger partial charge in [0.05, 0.1) is 6.33 Å². The first-order chi connectivity index (χ1) is 8.88. The third-order valence-corrected chi connectivity index (χ3v) is 4.27. The summed E-state index contributed by atoms with van der Waals surface area (Å²) in [4.78, 5) is 20.9. The van der Waals surface area contributed by atoms with Crippen LogP contribution in [-0.2, 0) is 0 Å². The van der Waals surface area contributed by atoms with Crippen molar-refractivity contribution in [3.05, 3.63) is 20.3 Å². The Kier molecular flexibility index (Phi) is 4.50. The summed E-state index contributed by atoms with van der Waals surface area (Å²) in [5.41, 5.74) is 0.0586. The number of anilines is 1. The monoisotopic (exact) mass is 376 g/mol. The van der Waals surface area contributed by atoms with Crippen LogP contribution in [0.15, 0.2) is 11.1 Å². The lowest BCUT2D eigenvalue weighted by molar-refractivity contribution is 0.404. The van der Waals surface area contributed by atoms with Gasteiger partial charge in [-0.25, -0.2) is 4.98 Å². The number of rotatable bonds is 3. The lowest BCUT2D eigenvalue weighted by Gasteiger charge is -2.30. The fourth-order valence-electron chi connectivity index (χ4n) is 2.32. The molecule has 0 aliphatic carbocycles. The summed E-state index contributed by atoms with van der Waals surface area (Å²) < 4.78 is 0.683. The molecule has 1 unspecified atom stereocenters. The van der Waals surface area contributed by atoms with Gasteiger partial charge in [-0.3, -0.25) is 4.79 Å². The Morgan fingerprint density at radius 3 is 3.00 bits per heavy atom. The van der Waals surface area contributed by atoms with Crippen LogP contribution >= 0.6 is 22.6 Å². The minimum absolute atomic E-state index is 0.0555. The van der Waals surface area contributed by atoms with Crippen molar-refractivity contribution in [2.24, 2.45) is 0 Å². The molecule has 2 heterocycles. The second-order valence-corrected chi connectivity index (χ2v) is 7.07. The molecule has 6 heteroatoms. The SMILES string of the molecule is CC(C)(C)NCC1CCCN1c1nc[nH]c(=O)c1I. The molecule has 1 atom stereocenters. The summed E-state index contributed by atoms with van der Waals surface area (Å²) in [5.74, 6) is 0.822. The average molecular weight is 376 g/mol. The summed E-state index contributed by atoms with van der Waals surface area (Å²) in [6, 6.07) is 0.419. The normalized spacial score (nSPS) is 20.0. The van der Waals surface area contributed by atoms with Crippen LogP contribution in [0.25, 0.3) is 0 Å². The second kappa shape index (κ2) is 5.78. The molecule has 0 saturated carbocycles. The summed E-state index contributed by atoms with van der Waals surface area (Å²) >= 11 is 2.08. The molecule has 0 radical (unpaired) electrons. The van der Waals surface area contributed by atoms with Crippen molar-refractivity contribution in [1.82, 2.24) is 15.3 Å². The van der Waals surface area contributed by atoms with Crippen molar-refractivity contribution in [3.8, 4) is 0 Å². The van der Waals surface area contributed by atoms with Crippen LogP contribution in [0.3, 0.4) is 0 Å². The van der Waals surface area contributed by atoms with Crippen LogP contribution in [0.2, 0.25) is 0 Å². The number of aromatic nitrogens is 2. The fourth-order valence-corrected chi connectivity index (χ4v) is 2.93. The van der Waals surface area contributed by atoms with Gasteiger partial charge >= 0.3 is 0 Å². The van der Waals surface area contributed by atoms with E-state index in [-0.39, 0.29) is 11.1 Å². The molecule has 106 valence electrons. The van der Waals surface area contributed by atoms with Crippen LogP contribution in [0.5, 0.6) is 0 Å². The van der Waals surface area contributed by atoms with Crippen LogP contribution < -0.4 is 15.8 Å². The minimum Gasteiger partial charge on any atom is -0.351 e. The lowest BCUT2D eigenvalue weighted by atomic mass is 10.1. The predicted molar refractivity (Wildman–Crippen MR) is 85.7 cm³/mol. The standard InChI is InChI=1S/C13H21IN4O/c1-13(2,3)17-7-9-5-4-6-18(9)11-10(14)12(19)16-8-15-11/h8-9,17H,4-7H2,1-3H3,(H,15,16,19). The van der Waals surface area contributed by atoms with Crippen LogP contribution in [0.1, 0.15) is 33.6 Å². The van der Waals surface area contributed by atoms with Crippen molar-refractivity contribution in [2.75, 3.05) is 18.0 Å². The first-order valence-corrected chi connectivity index (χ1v) is 7.71. The Morgan fingerprint density at radius 2 is 2.32 bits per heavy atom. The molecule has 1 aromatic rings. The molecule has 2 N–H and O–H groups in total. The zero-order valence-electron chi connectivity index (χ0n) is 11.7. The van der Waals surface area contributed by atoms with E-state index < -0.39 is 0 Å². The van der Waals surface area contributed by atoms with Crippen molar-refractivity contribution in [1.29, 1.82) is 0 Å². The van der Waals surface area contributed by atoms with Gasteiger partial charge < -0.3 is 15.2 Å². The highest BCUT2D eigenvalue weighted by atomic mass is 127. The first-order valence-electron chi connectivity index (χ1n) is 6.63. The highest BCUT2D eigenvalue weighted by Gasteiger charge is 2.28. The molecule has 1 aromatic heterocycles. The largest absolute Gasteiger partial charge is 0.351 e. The van der Waals surface area contributed by atoms with Gasteiger partial charge in [-0.15, -0.1) is 0 Å². The smallest absolute Gasteiger partial charge is 0.266 e. The molecule has 0 bridgehead atoms. The van der Waals surface area contributed by atoms with E-state index in [1.165, 1.54) is 6.33 Å². The first kappa shape index (κ1) is 14.8. The van der Waals surface area contributed by atoms with Crippen molar-refractivity contribution in [3.63, 3.8) is 0 Å². The molecular formula is C13H21IN4O. The molecule has 5 nitrogen and oxygen atoms in total. The topological polar surface area (TPSA) is 61.0 Å². The molecule has 0 amide bonds. The predicted octanol–water partition coefficient (Wildman–Crippen LogP) is 1.73. The number of nitrogens with zero attached hydrogens (tertiary/aromatic N) is 2. The highest BCUT2D eigenvalue weighted by Crippen LogP contribution is 2.25. The molecule has 1 aliphatic heterocycles. The van der Waals surface area contributed by atoms with Gasteiger partial charge in [0.2, 0.25) is 0 Å². The van der Waals surface area contributed by atoms with E-state index in [0.29, 0.717) is 9.61 Å². The van der Waals surface area contributed by atoms with Gasteiger partial charge in [0.1, 0.15) is 9.39 Å². The fraction of sp³-hybridized carbons (Fsp3) is 0.692. The maximum Gasteiger partial charge on any atom is 0.266 e. The molecule has 0 spiro atoms. The Labute approximate surface area is 127 Å². The number of hydrogen-bond donors (Lipinski definition) is 2. The maximum atomic E-state index is 11.7. The average Bonchev–Trinajstić information content (AvgIpc) is 2.77. The molecule has 1 saturated heterocycles. The molecule has 1 aliphatic rings. The molecule has 2 rings (SSSR count). The van der Waals surface area contributed by atoms with Gasteiger partial charge in [0.25, 0.3) is 5.56 Å². The summed E-state index contributed by atoms with van der Waals surface area (Å²) in [5, 5.41) is 3.54. The number of nitrogens with one attached hydrogen (secondary N) is 2. The van der Waals surface area contributed by atoms with E-state index in [4.69, 9.17) is 0 Å². The van der Waals surface area contributed by atoms with E-state index in [2.05, 4.69) is 63.5 Å². The Hall–Kier alpha value is -0.630. The van der Waals surface area contributed by atoms with Gasteiger partial charge in [-0.05, 0) is 56.2 Å². The second-order valence-electron chi connectivity index (χ2n) is 5.99. The summed E-state index contributed by atoms with van der Waals surface area (Å²) in [7, 11) is 0. The van der Waals surface area contributed by atoms with Crippen LogP contribution in [0.4, 0.5) is 5.82 Å². The molecule has 19 heavy (non-hydrogen) atoms. The Balaban J connectivity index is 2.14. The van der Waals surface area contributed by atoms with Gasteiger partial charge in [0.15, 0.2) is 0 Å². The Bertz CT molecular complexity index is 494. The highest BCUT2D eigenvalue weighted by molar-refractivity contribution is 14.1. The molecular weight excluding hydrogens is 355 g/mol. The third-order valence-electron chi connectivity index (χ3n) is 3.30. The van der Waals surface area contributed by atoms with Gasteiger partial charge in [-0.2, -0.15) is 0 Å². The van der Waals surface area contributed by atoms with Crippen molar-refractivity contribution in [2.45, 2.75) is 45.2 Å². The minimum atomic E-state index is -0.0555. The lowest BCUT2D eigenvalue weighted by Crippen LogP contribution is -2.46. The zero-order chi connectivity index (χ0) is 14.0. The van der Waals surface area contributed by atoms with E-state index in [1.54, 1.807) is 0 Å². The third kappa shape index (κ3) is 3.68. The van der Waals surface area contributed by atoms with Crippen molar-refractivity contribution >= 4 is 28.4 Å². The number of H-pyrrole nitrogens is 1. The van der Waals surface area contributed by atoms with E-state index in [0.717, 1.165) is 31.7 Å².